The Morgan fingerprint density at radius 1 is 1.32 bits per heavy atom. The molecule has 2 rings (SSSR count). The summed E-state index contributed by atoms with van der Waals surface area (Å²) in [7, 11) is -4.44. The maximum Gasteiger partial charge on any atom is 0.507 e. The fraction of sp³-hybridized carbons (Fsp3) is 0.727. The van der Waals surface area contributed by atoms with Crippen LogP contribution in [-0.2, 0) is 18.9 Å². The van der Waals surface area contributed by atoms with Crippen molar-refractivity contribution in [2.75, 3.05) is 12.7 Å². The number of nitrogens with zero attached hydrogens (tertiary/aromatic N) is 2. The molecule has 2 amide bonds. The topological polar surface area (TPSA) is 145 Å². The Labute approximate surface area is 125 Å². The lowest BCUT2D eigenvalue weighted by Gasteiger charge is -2.42. The number of carbonyl (C=O) groups is 3. The monoisotopic (exact) mass is 336 g/mol. The van der Waals surface area contributed by atoms with Gasteiger partial charge in [-0.25, -0.2) is 14.8 Å². The van der Waals surface area contributed by atoms with Crippen molar-refractivity contribution in [1.29, 1.82) is 0 Å². The number of amides is 2. The number of carboxylic acid groups (broad SMARTS) is 1. The molecule has 11 heteroatoms. The zero-order chi connectivity index (χ0) is 16.5. The Morgan fingerprint density at radius 2 is 2.00 bits per heavy atom. The second-order valence-electron chi connectivity index (χ2n) is 5.26. The Morgan fingerprint density at radius 3 is 2.59 bits per heavy atom. The Bertz CT molecular complexity index is 532. The highest BCUT2D eigenvalue weighted by Crippen LogP contribution is 2.40. The van der Waals surface area contributed by atoms with E-state index in [1.54, 1.807) is 0 Å². The molecule has 2 atom stereocenters. The van der Waals surface area contributed by atoms with Crippen LogP contribution in [0.5, 0.6) is 0 Å². The minimum atomic E-state index is -4.44. The van der Waals surface area contributed by atoms with E-state index in [0.717, 1.165) is 10.0 Å². The van der Waals surface area contributed by atoms with Crippen LogP contribution in [0.25, 0.3) is 0 Å². The summed E-state index contributed by atoms with van der Waals surface area (Å²) >= 11 is 0. The zero-order valence-electron chi connectivity index (χ0n) is 11.6. The lowest BCUT2D eigenvalue weighted by atomic mass is 10.0. The fourth-order valence-corrected chi connectivity index (χ4v) is 3.64. The van der Waals surface area contributed by atoms with Crippen molar-refractivity contribution in [3.8, 4) is 0 Å². The summed E-state index contributed by atoms with van der Waals surface area (Å²) in [6.45, 7) is 0.243. The van der Waals surface area contributed by atoms with Gasteiger partial charge in [0.15, 0.2) is 6.23 Å². The van der Waals surface area contributed by atoms with Gasteiger partial charge in [-0.05, 0) is 12.8 Å². The summed E-state index contributed by atoms with van der Waals surface area (Å²) < 4.78 is 15.8. The van der Waals surface area contributed by atoms with Crippen LogP contribution in [0.3, 0.4) is 0 Å². The van der Waals surface area contributed by atoms with E-state index in [1.807, 2.05) is 0 Å². The van der Waals surface area contributed by atoms with Crippen molar-refractivity contribution >= 4 is 25.6 Å². The first kappa shape index (κ1) is 16.7. The molecular formula is C11H17N2O8P. The summed E-state index contributed by atoms with van der Waals surface area (Å²) in [4.78, 5) is 53.5. The summed E-state index contributed by atoms with van der Waals surface area (Å²) in [5, 5.41) is 10.8. The lowest BCUT2D eigenvalue weighted by Crippen LogP contribution is -2.59. The molecule has 2 aliphatic rings. The van der Waals surface area contributed by atoms with E-state index < -0.39 is 38.0 Å². The standard InChI is InChI=1S/C11H17N2O8P/c14-8-4-3-7(6-22(18,19)20)10(15)13-9(21-11(16)17)2-1-5-12(8)13/h7,9H,1-6H2,(H,16,17)(H2,18,19,20)/t7-,9+/m1/s1. The first-order chi connectivity index (χ1) is 10.2. The molecule has 0 aromatic rings. The molecule has 0 unspecified atom stereocenters. The third-order valence-electron chi connectivity index (χ3n) is 3.62. The fourth-order valence-electron chi connectivity index (χ4n) is 2.73. The van der Waals surface area contributed by atoms with Gasteiger partial charge in [-0.3, -0.25) is 14.2 Å². The average Bonchev–Trinajstić information content (AvgIpc) is 2.50. The quantitative estimate of drug-likeness (QED) is 0.481. The predicted octanol–water partition coefficient (Wildman–Crippen LogP) is -0.0392. The van der Waals surface area contributed by atoms with Gasteiger partial charge in [0, 0.05) is 19.4 Å². The van der Waals surface area contributed by atoms with Gasteiger partial charge >= 0.3 is 13.8 Å². The van der Waals surface area contributed by atoms with Crippen LogP contribution in [0.2, 0.25) is 0 Å². The lowest BCUT2D eigenvalue weighted by molar-refractivity contribution is -0.197. The van der Waals surface area contributed by atoms with E-state index in [4.69, 9.17) is 14.9 Å². The van der Waals surface area contributed by atoms with Gasteiger partial charge in [0.1, 0.15) is 0 Å². The molecule has 2 fully saturated rings. The van der Waals surface area contributed by atoms with E-state index in [2.05, 4.69) is 4.74 Å². The van der Waals surface area contributed by atoms with Gasteiger partial charge < -0.3 is 19.6 Å². The van der Waals surface area contributed by atoms with Gasteiger partial charge in [-0.1, -0.05) is 0 Å². The molecule has 124 valence electrons. The first-order valence-corrected chi connectivity index (χ1v) is 8.56. The highest BCUT2D eigenvalue weighted by atomic mass is 31.2. The smallest absolute Gasteiger partial charge is 0.450 e. The van der Waals surface area contributed by atoms with E-state index in [1.165, 1.54) is 0 Å². The molecule has 0 radical (unpaired) electrons. The Balaban J connectivity index is 2.28. The van der Waals surface area contributed by atoms with Gasteiger partial charge in [0.2, 0.25) is 11.8 Å². The van der Waals surface area contributed by atoms with Gasteiger partial charge in [0.05, 0.1) is 12.1 Å². The number of ether oxygens (including phenoxy) is 1. The van der Waals surface area contributed by atoms with E-state index in [-0.39, 0.29) is 31.7 Å². The zero-order valence-corrected chi connectivity index (χ0v) is 12.5. The third-order valence-corrected chi connectivity index (χ3v) is 4.53. The molecule has 0 spiro atoms. The maximum absolute atomic E-state index is 12.5. The van der Waals surface area contributed by atoms with Crippen molar-refractivity contribution in [3.63, 3.8) is 0 Å². The van der Waals surface area contributed by atoms with Crippen LogP contribution in [-0.4, -0.2) is 61.8 Å². The average molecular weight is 336 g/mol. The number of hydrazine groups is 1. The largest absolute Gasteiger partial charge is 0.507 e. The Hall–Kier alpha value is -1.64. The van der Waals surface area contributed by atoms with E-state index in [9.17, 15) is 18.9 Å². The highest BCUT2D eigenvalue weighted by Gasteiger charge is 2.44. The van der Waals surface area contributed by atoms with Crippen molar-refractivity contribution in [2.24, 2.45) is 5.92 Å². The molecule has 2 heterocycles. The molecule has 0 saturated carbocycles. The summed E-state index contributed by atoms with van der Waals surface area (Å²) in [6, 6.07) is 0. The second-order valence-corrected chi connectivity index (χ2v) is 6.96. The molecule has 2 saturated heterocycles. The van der Waals surface area contributed by atoms with Gasteiger partial charge in [0.25, 0.3) is 0 Å². The van der Waals surface area contributed by atoms with Crippen molar-refractivity contribution < 1.29 is 38.6 Å². The van der Waals surface area contributed by atoms with Crippen LogP contribution in [0, 0.1) is 5.92 Å². The molecule has 0 bridgehead atoms. The number of carbonyl (C=O) groups excluding carboxylic acids is 2. The van der Waals surface area contributed by atoms with E-state index >= 15 is 0 Å². The molecule has 0 aromatic heterocycles. The molecule has 22 heavy (non-hydrogen) atoms. The second kappa shape index (κ2) is 6.23. The van der Waals surface area contributed by atoms with Crippen molar-refractivity contribution in [2.45, 2.75) is 31.9 Å². The van der Waals surface area contributed by atoms with Crippen LogP contribution >= 0.6 is 7.60 Å². The highest BCUT2D eigenvalue weighted by molar-refractivity contribution is 7.51. The number of rotatable bonds is 3. The number of hydrogen-bond acceptors (Lipinski definition) is 5. The molecule has 10 nitrogen and oxygen atoms in total. The Kier molecular flexibility index (Phi) is 4.74. The number of fused-ring (bicyclic) bond motifs is 1. The molecule has 0 aromatic carbocycles. The molecular weight excluding hydrogens is 319 g/mol. The molecule has 0 aliphatic carbocycles. The van der Waals surface area contributed by atoms with Crippen molar-refractivity contribution in [3.05, 3.63) is 0 Å². The van der Waals surface area contributed by atoms with Crippen molar-refractivity contribution in [1.82, 2.24) is 10.0 Å². The van der Waals surface area contributed by atoms with Crippen LogP contribution in [0.15, 0.2) is 0 Å². The minimum absolute atomic E-state index is 0.00949. The first-order valence-electron chi connectivity index (χ1n) is 6.76. The molecule has 2 aliphatic heterocycles. The van der Waals surface area contributed by atoms with Crippen LogP contribution < -0.4 is 0 Å². The van der Waals surface area contributed by atoms with Gasteiger partial charge in [-0.2, -0.15) is 0 Å². The minimum Gasteiger partial charge on any atom is -0.450 e. The predicted molar refractivity (Wildman–Crippen MR) is 70.3 cm³/mol. The van der Waals surface area contributed by atoms with Crippen LogP contribution in [0.4, 0.5) is 4.79 Å². The third kappa shape index (κ3) is 3.76. The summed E-state index contributed by atoms with van der Waals surface area (Å²) in [5.74, 6) is -2.13. The maximum atomic E-state index is 12.5. The molecule has 3 N–H and O–H groups in total. The summed E-state index contributed by atoms with van der Waals surface area (Å²) in [6.07, 6.45) is -2.74. The van der Waals surface area contributed by atoms with E-state index in [0.29, 0.717) is 6.42 Å². The number of hydrogen-bond donors (Lipinski definition) is 3. The SMILES string of the molecule is O=C(O)O[C@H]1CCCN2C(=O)CC[C@H](CP(=O)(O)O)C(=O)N12. The normalized spacial score (nSPS) is 26.5. The van der Waals surface area contributed by atoms with Gasteiger partial charge in [-0.15, -0.1) is 0 Å². The van der Waals surface area contributed by atoms with Crippen LogP contribution in [0.1, 0.15) is 25.7 Å². The summed E-state index contributed by atoms with van der Waals surface area (Å²) in [5.41, 5.74) is 0.